The molecule has 1 aliphatic rings. The minimum Gasteiger partial charge on any atom is -0.282 e. The number of carbonyl (C=O) groups excluding carboxylic acids is 1. The van der Waals surface area contributed by atoms with E-state index in [1.807, 2.05) is 31.2 Å². The summed E-state index contributed by atoms with van der Waals surface area (Å²) in [5.74, 6) is -0.305. The molecule has 0 radical (unpaired) electrons. The van der Waals surface area contributed by atoms with E-state index in [0.29, 0.717) is 41.8 Å². The lowest BCUT2D eigenvalue weighted by Gasteiger charge is -2.32. The van der Waals surface area contributed by atoms with Crippen LogP contribution in [0.1, 0.15) is 29.7 Å². The molecule has 7 nitrogen and oxygen atoms in total. The van der Waals surface area contributed by atoms with E-state index in [1.54, 1.807) is 28.6 Å². The molecule has 0 spiro atoms. The average molecular weight is 527 g/mol. The largest absolute Gasteiger partial charge is 0.282 e. The maximum Gasteiger partial charge on any atom is 0.252 e. The fraction of sp³-hybridized carbons (Fsp3) is 0.320. The third kappa shape index (κ3) is 4.88. The van der Waals surface area contributed by atoms with Crippen LogP contribution in [0.15, 0.2) is 58.3 Å². The number of hydrogen-bond acceptors (Lipinski definition) is 7. The Kier molecular flexibility index (Phi) is 6.71. The van der Waals surface area contributed by atoms with Gasteiger partial charge in [0.2, 0.25) is 5.91 Å². The highest BCUT2D eigenvalue weighted by Crippen LogP contribution is 2.35. The van der Waals surface area contributed by atoms with Gasteiger partial charge in [0.15, 0.2) is 5.13 Å². The van der Waals surface area contributed by atoms with Crippen molar-refractivity contribution in [3.63, 3.8) is 0 Å². The van der Waals surface area contributed by atoms with Crippen LogP contribution < -0.4 is 4.90 Å². The second-order valence-corrected chi connectivity index (χ2v) is 12.9. The normalized spacial score (nSPS) is 15.5. The summed E-state index contributed by atoms with van der Waals surface area (Å²) in [5, 5.41) is 2.41. The van der Waals surface area contributed by atoms with Crippen molar-refractivity contribution in [3.8, 4) is 0 Å². The lowest BCUT2D eigenvalue weighted by molar-refractivity contribution is -0.123. The first-order valence-electron chi connectivity index (χ1n) is 11.5. The van der Waals surface area contributed by atoms with Crippen molar-refractivity contribution < 1.29 is 13.2 Å². The Labute approximate surface area is 213 Å². The second kappa shape index (κ2) is 9.77. The van der Waals surface area contributed by atoms with Gasteiger partial charge >= 0.3 is 0 Å². The van der Waals surface area contributed by atoms with Crippen LogP contribution >= 0.6 is 22.7 Å². The summed E-state index contributed by atoms with van der Waals surface area (Å²) in [4.78, 5) is 24.8. The van der Waals surface area contributed by atoms with Crippen LogP contribution in [0.4, 0.5) is 5.13 Å². The predicted molar refractivity (Wildman–Crippen MR) is 140 cm³/mol. The third-order valence-electron chi connectivity index (χ3n) is 6.24. The molecule has 4 aromatic rings. The number of anilines is 1. The first-order chi connectivity index (χ1) is 16.8. The molecule has 1 aliphatic heterocycles. The highest BCUT2D eigenvalue weighted by Gasteiger charge is 2.35. The highest BCUT2D eigenvalue weighted by molar-refractivity contribution is 7.91. The number of fused-ring (bicyclic) bond motifs is 1. The minimum atomic E-state index is -3.51. The number of aryl methyl sites for hydroxylation is 2. The molecule has 1 aromatic carbocycles. The van der Waals surface area contributed by atoms with Crippen molar-refractivity contribution in [1.82, 2.24) is 14.3 Å². The number of piperidine rings is 1. The SMILES string of the molecule is Cc1cc(C)c2sc(N(Cc3ccccn3)C(=O)C3CCN(S(=O)(=O)c4cccs4)CC3)nc2c1. The number of rotatable bonds is 6. The Morgan fingerprint density at radius 1 is 1.14 bits per heavy atom. The zero-order valence-corrected chi connectivity index (χ0v) is 22.0. The number of thiazole rings is 1. The maximum atomic E-state index is 13.8. The summed E-state index contributed by atoms with van der Waals surface area (Å²) in [7, 11) is -3.51. The number of hydrogen-bond donors (Lipinski definition) is 0. The van der Waals surface area contributed by atoms with Crippen LogP contribution in [-0.2, 0) is 21.4 Å². The lowest BCUT2D eigenvalue weighted by atomic mass is 9.96. The van der Waals surface area contributed by atoms with Crippen LogP contribution in [-0.4, -0.2) is 41.7 Å². The second-order valence-electron chi connectivity index (χ2n) is 8.78. The predicted octanol–water partition coefficient (Wildman–Crippen LogP) is 5.00. The molecule has 0 N–H and O–H groups in total. The van der Waals surface area contributed by atoms with E-state index in [-0.39, 0.29) is 11.8 Å². The summed E-state index contributed by atoms with van der Waals surface area (Å²) in [6.07, 6.45) is 2.67. The number of benzene rings is 1. The summed E-state index contributed by atoms with van der Waals surface area (Å²) in [6, 6.07) is 13.2. The van der Waals surface area contributed by atoms with Gasteiger partial charge in [0.1, 0.15) is 4.21 Å². The highest BCUT2D eigenvalue weighted by atomic mass is 32.2. The third-order valence-corrected chi connectivity index (χ3v) is 10.7. The van der Waals surface area contributed by atoms with Gasteiger partial charge in [-0.05, 0) is 67.5 Å². The molecule has 1 fully saturated rings. The Balaban J connectivity index is 1.40. The molecule has 182 valence electrons. The van der Waals surface area contributed by atoms with Gasteiger partial charge in [0, 0.05) is 25.2 Å². The fourth-order valence-electron chi connectivity index (χ4n) is 4.47. The lowest BCUT2D eigenvalue weighted by Crippen LogP contribution is -2.44. The Bertz CT molecular complexity index is 1440. The van der Waals surface area contributed by atoms with Crippen LogP contribution in [0.5, 0.6) is 0 Å². The number of sulfonamides is 1. The topological polar surface area (TPSA) is 83.5 Å². The Morgan fingerprint density at radius 2 is 1.94 bits per heavy atom. The summed E-state index contributed by atoms with van der Waals surface area (Å²) in [6.45, 7) is 5.08. The Morgan fingerprint density at radius 3 is 2.63 bits per heavy atom. The van der Waals surface area contributed by atoms with E-state index in [4.69, 9.17) is 4.98 Å². The van der Waals surface area contributed by atoms with E-state index in [9.17, 15) is 13.2 Å². The molecule has 0 aliphatic carbocycles. The van der Waals surface area contributed by atoms with Gasteiger partial charge < -0.3 is 0 Å². The maximum absolute atomic E-state index is 13.8. The van der Waals surface area contributed by atoms with Gasteiger partial charge in [0.25, 0.3) is 10.0 Å². The molecule has 4 heterocycles. The van der Waals surface area contributed by atoms with Gasteiger partial charge in [-0.15, -0.1) is 11.3 Å². The van der Waals surface area contributed by atoms with Crippen LogP contribution in [0.2, 0.25) is 0 Å². The quantitative estimate of drug-likeness (QED) is 0.353. The fourth-order valence-corrected chi connectivity index (χ4v) is 8.11. The van der Waals surface area contributed by atoms with E-state index in [2.05, 4.69) is 18.0 Å². The molecule has 0 unspecified atom stereocenters. The monoisotopic (exact) mass is 526 g/mol. The van der Waals surface area contributed by atoms with Crippen LogP contribution in [0.25, 0.3) is 10.2 Å². The van der Waals surface area contributed by atoms with E-state index < -0.39 is 10.0 Å². The Hall–Kier alpha value is -2.66. The van der Waals surface area contributed by atoms with Crippen molar-refractivity contribution in [2.75, 3.05) is 18.0 Å². The van der Waals surface area contributed by atoms with Crippen molar-refractivity contribution in [2.45, 2.75) is 37.4 Å². The molecule has 3 aromatic heterocycles. The number of amides is 1. The molecule has 0 saturated carbocycles. The molecule has 1 saturated heterocycles. The molecule has 35 heavy (non-hydrogen) atoms. The molecular weight excluding hydrogens is 501 g/mol. The molecule has 10 heteroatoms. The summed E-state index contributed by atoms with van der Waals surface area (Å²) < 4.78 is 28.7. The number of carbonyl (C=O) groups is 1. The molecule has 0 bridgehead atoms. The van der Waals surface area contributed by atoms with E-state index in [0.717, 1.165) is 27.0 Å². The van der Waals surface area contributed by atoms with Crippen molar-refractivity contribution in [1.29, 1.82) is 0 Å². The first kappa shape index (κ1) is 24.1. The van der Waals surface area contributed by atoms with Crippen LogP contribution in [0, 0.1) is 19.8 Å². The molecular formula is C25H26N4O3S3. The number of aromatic nitrogens is 2. The average Bonchev–Trinajstić information content (AvgIpc) is 3.54. The first-order valence-corrected chi connectivity index (χ1v) is 14.6. The van der Waals surface area contributed by atoms with Gasteiger partial charge in [0.05, 0.1) is 22.5 Å². The van der Waals surface area contributed by atoms with Crippen LogP contribution in [0.3, 0.4) is 0 Å². The van der Waals surface area contributed by atoms with Gasteiger partial charge in [-0.2, -0.15) is 4.31 Å². The number of pyridine rings is 1. The summed E-state index contributed by atoms with van der Waals surface area (Å²) in [5.41, 5.74) is 3.94. The standard InChI is InChI=1S/C25H26N4O3S3/c1-17-14-18(2)23-21(15-17)27-25(34-23)29(16-20-6-3-4-10-26-20)24(30)19-8-11-28(12-9-19)35(31,32)22-7-5-13-33-22/h3-7,10,13-15,19H,8-9,11-12,16H2,1-2H3. The van der Waals surface area contributed by atoms with Gasteiger partial charge in [-0.25, -0.2) is 13.4 Å². The molecule has 0 atom stereocenters. The molecule has 1 amide bonds. The van der Waals surface area contributed by atoms with Crippen molar-refractivity contribution in [3.05, 3.63) is 70.9 Å². The zero-order valence-electron chi connectivity index (χ0n) is 19.5. The summed E-state index contributed by atoms with van der Waals surface area (Å²) >= 11 is 2.74. The van der Waals surface area contributed by atoms with Gasteiger partial charge in [-0.1, -0.05) is 29.5 Å². The minimum absolute atomic E-state index is 0.0303. The zero-order chi connectivity index (χ0) is 24.6. The van der Waals surface area contributed by atoms with E-state index >= 15 is 0 Å². The smallest absolute Gasteiger partial charge is 0.252 e. The molecule has 5 rings (SSSR count). The van der Waals surface area contributed by atoms with Crippen molar-refractivity contribution >= 4 is 54.0 Å². The van der Waals surface area contributed by atoms with Crippen molar-refractivity contribution in [2.24, 2.45) is 5.92 Å². The van der Waals surface area contributed by atoms with E-state index in [1.165, 1.54) is 27.0 Å². The number of nitrogens with zero attached hydrogens (tertiary/aromatic N) is 4. The number of thiophene rings is 1. The van der Waals surface area contributed by atoms with Gasteiger partial charge in [-0.3, -0.25) is 14.7 Å².